The van der Waals surface area contributed by atoms with Crippen molar-refractivity contribution in [3.63, 3.8) is 0 Å². The molecule has 0 radical (unpaired) electrons. The van der Waals surface area contributed by atoms with Crippen LogP contribution in [0.15, 0.2) is 61.4 Å². The van der Waals surface area contributed by atoms with Crippen LogP contribution in [0.5, 0.6) is 11.5 Å². The van der Waals surface area contributed by atoms with E-state index in [1.807, 2.05) is 0 Å². The highest BCUT2D eigenvalue weighted by atomic mass is 16.5. The Hall–Kier alpha value is -3.35. The smallest absolute Gasteiger partial charge is 0.262 e. The number of amides is 1. The number of methoxy groups -OCH3 is 1. The van der Waals surface area contributed by atoms with Crippen LogP contribution in [0, 0.1) is 0 Å². The van der Waals surface area contributed by atoms with Crippen LogP contribution in [-0.4, -0.2) is 34.2 Å². The summed E-state index contributed by atoms with van der Waals surface area (Å²) < 4.78 is 12.4. The van der Waals surface area contributed by atoms with E-state index < -0.39 is 0 Å². The Labute approximate surface area is 138 Å². The highest BCUT2D eigenvalue weighted by Gasteiger charge is 2.09. The predicted octanol–water partition coefficient (Wildman–Crippen LogP) is 2.29. The van der Waals surface area contributed by atoms with Gasteiger partial charge in [0.1, 0.15) is 11.5 Å². The van der Waals surface area contributed by atoms with Crippen molar-refractivity contribution in [3.05, 3.63) is 61.4 Å². The van der Waals surface area contributed by atoms with E-state index in [2.05, 4.69) is 15.3 Å². The second kappa shape index (κ2) is 7.28. The first-order valence-corrected chi connectivity index (χ1v) is 7.25. The Bertz CT molecular complexity index is 818. The van der Waals surface area contributed by atoms with Crippen LogP contribution in [0.4, 0.5) is 5.69 Å². The number of ether oxygens (including phenoxy) is 2. The average Bonchev–Trinajstić information content (AvgIpc) is 3.15. The lowest BCUT2D eigenvalue weighted by atomic mass is 10.3. The van der Waals surface area contributed by atoms with Crippen molar-refractivity contribution in [3.8, 4) is 17.2 Å². The number of hydrogen-bond acceptors (Lipinski definition) is 5. The molecule has 0 saturated carbocycles. The molecule has 1 aromatic carbocycles. The van der Waals surface area contributed by atoms with Gasteiger partial charge in [-0.05, 0) is 18.2 Å². The standard InChI is InChI=1S/C17H16N4O3/c1-23-13-3-2-4-14(9-13)24-11-17(22)20-15-10-18-6-5-16(15)21-8-7-19-12-21/h2-10,12H,11H2,1H3,(H,20,22). The van der Waals surface area contributed by atoms with Gasteiger partial charge in [0.15, 0.2) is 6.61 Å². The zero-order chi connectivity index (χ0) is 16.8. The number of hydrogen-bond donors (Lipinski definition) is 1. The van der Waals surface area contributed by atoms with Gasteiger partial charge in [-0.15, -0.1) is 0 Å². The number of anilines is 1. The summed E-state index contributed by atoms with van der Waals surface area (Å²) in [7, 11) is 1.58. The van der Waals surface area contributed by atoms with Crippen molar-refractivity contribution >= 4 is 11.6 Å². The van der Waals surface area contributed by atoms with Crippen LogP contribution in [-0.2, 0) is 4.79 Å². The molecule has 0 fully saturated rings. The topological polar surface area (TPSA) is 78.3 Å². The average molecular weight is 324 g/mol. The molecule has 24 heavy (non-hydrogen) atoms. The van der Waals surface area contributed by atoms with E-state index in [0.717, 1.165) is 5.69 Å². The van der Waals surface area contributed by atoms with Gasteiger partial charge < -0.3 is 19.4 Å². The number of carbonyl (C=O) groups is 1. The lowest BCUT2D eigenvalue weighted by Gasteiger charge is -2.12. The van der Waals surface area contributed by atoms with Gasteiger partial charge in [0.2, 0.25) is 0 Å². The molecule has 2 aromatic heterocycles. The molecule has 2 heterocycles. The Morgan fingerprint density at radius 1 is 1.21 bits per heavy atom. The first kappa shape index (κ1) is 15.5. The van der Waals surface area contributed by atoms with E-state index in [1.165, 1.54) is 0 Å². The molecule has 0 bridgehead atoms. The normalized spacial score (nSPS) is 10.2. The molecule has 3 rings (SSSR count). The summed E-state index contributed by atoms with van der Waals surface area (Å²) in [5, 5.41) is 2.79. The summed E-state index contributed by atoms with van der Waals surface area (Å²) in [6.07, 6.45) is 8.34. The SMILES string of the molecule is COc1cccc(OCC(=O)Nc2cnccc2-n2ccnc2)c1. The molecule has 0 aliphatic heterocycles. The monoisotopic (exact) mass is 324 g/mol. The minimum Gasteiger partial charge on any atom is -0.497 e. The van der Waals surface area contributed by atoms with Gasteiger partial charge in [0.25, 0.3) is 5.91 Å². The van der Waals surface area contributed by atoms with Crippen LogP contribution in [0.1, 0.15) is 0 Å². The zero-order valence-corrected chi connectivity index (χ0v) is 13.0. The number of benzene rings is 1. The molecule has 122 valence electrons. The molecule has 0 spiro atoms. The molecule has 0 atom stereocenters. The number of nitrogens with one attached hydrogen (secondary N) is 1. The van der Waals surface area contributed by atoms with E-state index in [0.29, 0.717) is 17.2 Å². The molecule has 1 amide bonds. The Balaban J connectivity index is 1.65. The van der Waals surface area contributed by atoms with Gasteiger partial charge in [-0.25, -0.2) is 4.98 Å². The van der Waals surface area contributed by atoms with Crippen molar-refractivity contribution in [1.29, 1.82) is 0 Å². The number of pyridine rings is 1. The second-order valence-electron chi connectivity index (χ2n) is 4.88. The van der Waals surface area contributed by atoms with Crippen LogP contribution >= 0.6 is 0 Å². The van der Waals surface area contributed by atoms with Crippen molar-refractivity contribution < 1.29 is 14.3 Å². The minimum atomic E-state index is -0.285. The number of nitrogens with zero attached hydrogens (tertiary/aromatic N) is 3. The third-order valence-electron chi connectivity index (χ3n) is 3.27. The minimum absolute atomic E-state index is 0.120. The third-order valence-corrected chi connectivity index (χ3v) is 3.27. The van der Waals surface area contributed by atoms with E-state index in [9.17, 15) is 4.79 Å². The third kappa shape index (κ3) is 3.70. The van der Waals surface area contributed by atoms with Gasteiger partial charge in [-0.2, -0.15) is 0 Å². The number of carbonyl (C=O) groups excluding carboxylic acids is 1. The quantitative estimate of drug-likeness (QED) is 0.753. The maximum Gasteiger partial charge on any atom is 0.262 e. The maximum atomic E-state index is 12.1. The summed E-state index contributed by atoms with van der Waals surface area (Å²) >= 11 is 0. The Morgan fingerprint density at radius 2 is 2.08 bits per heavy atom. The first-order valence-electron chi connectivity index (χ1n) is 7.25. The molecule has 1 N–H and O–H groups in total. The van der Waals surface area contributed by atoms with Crippen molar-refractivity contribution in [2.24, 2.45) is 0 Å². The number of aromatic nitrogens is 3. The van der Waals surface area contributed by atoms with Gasteiger partial charge in [0, 0.05) is 24.7 Å². The summed E-state index contributed by atoms with van der Waals surface area (Å²) in [5.74, 6) is 0.945. The van der Waals surface area contributed by atoms with Crippen molar-refractivity contribution in [2.45, 2.75) is 0 Å². The van der Waals surface area contributed by atoms with Crippen LogP contribution in [0.3, 0.4) is 0 Å². The summed E-state index contributed by atoms with van der Waals surface area (Å²) in [6, 6.07) is 8.87. The van der Waals surface area contributed by atoms with E-state index in [4.69, 9.17) is 9.47 Å². The van der Waals surface area contributed by atoms with E-state index >= 15 is 0 Å². The van der Waals surface area contributed by atoms with Crippen LogP contribution < -0.4 is 14.8 Å². The zero-order valence-electron chi connectivity index (χ0n) is 13.0. The van der Waals surface area contributed by atoms with E-state index in [-0.39, 0.29) is 12.5 Å². The van der Waals surface area contributed by atoms with Crippen LogP contribution in [0.25, 0.3) is 5.69 Å². The first-order chi connectivity index (χ1) is 11.8. The Kier molecular flexibility index (Phi) is 4.71. The molecule has 0 aliphatic carbocycles. The van der Waals surface area contributed by atoms with Crippen LogP contribution in [0.2, 0.25) is 0 Å². The van der Waals surface area contributed by atoms with E-state index in [1.54, 1.807) is 73.1 Å². The molecule has 0 unspecified atom stereocenters. The summed E-state index contributed by atoms with van der Waals surface area (Å²) in [6.45, 7) is -0.120. The molecular formula is C17H16N4O3. The van der Waals surface area contributed by atoms with Gasteiger partial charge >= 0.3 is 0 Å². The summed E-state index contributed by atoms with van der Waals surface area (Å²) in [5.41, 5.74) is 1.35. The van der Waals surface area contributed by atoms with Crippen molar-refractivity contribution in [2.75, 3.05) is 19.0 Å². The largest absolute Gasteiger partial charge is 0.497 e. The highest BCUT2D eigenvalue weighted by molar-refractivity contribution is 5.93. The molecule has 0 saturated heterocycles. The molecular weight excluding hydrogens is 308 g/mol. The fraction of sp³-hybridized carbons (Fsp3) is 0.118. The lowest BCUT2D eigenvalue weighted by Crippen LogP contribution is -2.21. The van der Waals surface area contributed by atoms with Gasteiger partial charge in [0.05, 0.1) is 31.0 Å². The lowest BCUT2D eigenvalue weighted by molar-refractivity contribution is -0.118. The Morgan fingerprint density at radius 3 is 2.88 bits per heavy atom. The summed E-state index contributed by atoms with van der Waals surface area (Å²) in [4.78, 5) is 20.2. The fourth-order valence-electron chi connectivity index (χ4n) is 2.14. The fourth-order valence-corrected chi connectivity index (χ4v) is 2.14. The van der Waals surface area contributed by atoms with Gasteiger partial charge in [-0.1, -0.05) is 6.07 Å². The highest BCUT2D eigenvalue weighted by Crippen LogP contribution is 2.20. The maximum absolute atomic E-state index is 12.1. The predicted molar refractivity (Wildman–Crippen MR) is 88.5 cm³/mol. The van der Waals surface area contributed by atoms with Gasteiger partial charge in [-0.3, -0.25) is 9.78 Å². The number of imidazole rings is 1. The molecule has 0 aliphatic rings. The van der Waals surface area contributed by atoms with Crippen molar-refractivity contribution in [1.82, 2.24) is 14.5 Å². The number of rotatable bonds is 6. The molecule has 7 nitrogen and oxygen atoms in total. The molecule has 3 aromatic rings. The second-order valence-corrected chi connectivity index (χ2v) is 4.88. The molecule has 7 heteroatoms.